The van der Waals surface area contributed by atoms with Crippen molar-refractivity contribution in [2.24, 2.45) is 0 Å². The van der Waals surface area contributed by atoms with Gasteiger partial charge in [0.25, 0.3) is 0 Å². The SMILES string of the molecule is N#Cc1ccc(OCC(=O)c2ccccc2Cl)cc1F. The highest BCUT2D eigenvalue weighted by atomic mass is 35.5. The molecule has 0 heterocycles. The average Bonchev–Trinajstić information content (AvgIpc) is 2.45. The molecule has 0 unspecified atom stereocenters. The molecule has 3 nitrogen and oxygen atoms in total. The molecule has 2 aromatic rings. The van der Waals surface area contributed by atoms with E-state index in [4.69, 9.17) is 21.6 Å². The highest BCUT2D eigenvalue weighted by Crippen LogP contribution is 2.18. The molecule has 0 radical (unpaired) electrons. The Morgan fingerprint density at radius 2 is 2.05 bits per heavy atom. The summed E-state index contributed by atoms with van der Waals surface area (Å²) >= 11 is 5.89. The standard InChI is InChI=1S/C15H9ClFNO2/c16-13-4-2-1-3-12(13)15(19)9-20-11-6-5-10(8-18)14(17)7-11/h1-7H,9H2. The largest absolute Gasteiger partial charge is 0.485 e. The Balaban J connectivity index is 2.06. The van der Waals surface area contributed by atoms with Crippen LogP contribution < -0.4 is 4.74 Å². The first-order valence-corrected chi connectivity index (χ1v) is 6.10. The van der Waals surface area contributed by atoms with E-state index in [1.165, 1.54) is 12.1 Å². The van der Waals surface area contributed by atoms with Crippen LogP contribution in [0.2, 0.25) is 5.02 Å². The van der Waals surface area contributed by atoms with Crippen LogP contribution in [0.1, 0.15) is 15.9 Å². The van der Waals surface area contributed by atoms with Gasteiger partial charge in [0.05, 0.1) is 10.6 Å². The van der Waals surface area contributed by atoms with Crippen LogP contribution in [-0.2, 0) is 0 Å². The van der Waals surface area contributed by atoms with Crippen LogP contribution in [0.5, 0.6) is 5.75 Å². The number of Topliss-reactive ketones (excluding diaryl/α,β-unsaturated/α-hetero) is 1. The molecule has 0 spiro atoms. The number of carbonyl (C=O) groups is 1. The molecule has 0 aliphatic rings. The maximum atomic E-state index is 13.4. The topological polar surface area (TPSA) is 50.1 Å². The lowest BCUT2D eigenvalue weighted by Crippen LogP contribution is -2.12. The minimum atomic E-state index is -0.685. The van der Waals surface area contributed by atoms with Crippen LogP contribution in [0.3, 0.4) is 0 Å². The van der Waals surface area contributed by atoms with E-state index in [1.807, 2.05) is 0 Å². The predicted octanol–water partition coefficient (Wildman–Crippen LogP) is 3.61. The molecule has 0 aliphatic carbocycles. The normalized spacial score (nSPS) is 9.85. The molecule has 0 saturated heterocycles. The van der Waals surface area contributed by atoms with E-state index in [0.29, 0.717) is 10.6 Å². The third-order valence-electron chi connectivity index (χ3n) is 2.61. The second-order valence-electron chi connectivity index (χ2n) is 3.95. The lowest BCUT2D eigenvalue weighted by atomic mass is 10.1. The third-order valence-corrected chi connectivity index (χ3v) is 2.93. The summed E-state index contributed by atoms with van der Waals surface area (Å²) in [6, 6.07) is 12.1. The van der Waals surface area contributed by atoms with Gasteiger partial charge in [-0.25, -0.2) is 4.39 Å². The van der Waals surface area contributed by atoms with Gasteiger partial charge >= 0.3 is 0 Å². The number of ether oxygens (including phenoxy) is 1. The number of carbonyl (C=O) groups excluding carboxylic acids is 1. The van der Waals surface area contributed by atoms with Crippen molar-refractivity contribution in [2.75, 3.05) is 6.61 Å². The van der Waals surface area contributed by atoms with Crippen LogP contribution in [-0.4, -0.2) is 12.4 Å². The minimum Gasteiger partial charge on any atom is -0.485 e. The molecule has 0 amide bonds. The number of halogens is 2. The van der Waals surface area contributed by atoms with Crippen LogP contribution in [0.4, 0.5) is 4.39 Å². The van der Waals surface area contributed by atoms with Gasteiger partial charge in [-0.05, 0) is 24.3 Å². The lowest BCUT2D eigenvalue weighted by Gasteiger charge is -2.07. The van der Waals surface area contributed by atoms with Gasteiger partial charge < -0.3 is 4.74 Å². The third kappa shape index (κ3) is 3.14. The summed E-state index contributed by atoms with van der Waals surface area (Å²) in [5.41, 5.74) is 0.276. The van der Waals surface area contributed by atoms with Crippen molar-refractivity contribution in [1.82, 2.24) is 0 Å². The number of nitriles is 1. The van der Waals surface area contributed by atoms with E-state index in [2.05, 4.69) is 0 Å². The molecule has 100 valence electrons. The van der Waals surface area contributed by atoms with Gasteiger partial charge in [-0.3, -0.25) is 4.79 Å². The van der Waals surface area contributed by atoms with Crippen molar-refractivity contribution >= 4 is 17.4 Å². The van der Waals surface area contributed by atoms with E-state index in [9.17, 15) is 9.18 Å². The molecule has 0 bridgehead atoms. The monoisotopic (exact) mass is 289 g/mol. The molecule has 5 heteroatoms. The molecular weight excluding hydrogens is 281 g/mol. The summed E-state index contributed by atoms with van der Waals surface area (Å²) < 4.78 is 18.6. The maximum Gasteiger partial charge on any atom is 0.201 e. The average molecular weight is 290 g/mol. The van der Waals surface area contributed by atoms with Crippen LogP contribution in [0.25, 0.3) is 0 Å². The summed E-state index contributed by atoms with van der Waals surface area (Å²) in [4.78, 5) is 11.9. The predicted molar refractivity (Wildman–Crippen MR) is 72.4 cm³/mol. The van der Waals surface area contributed by atoms with Gasteiger partial charge in [0.1, 0.15) is 17.6 Å². The lowest BCUT2D eigenvalue weighted by molar-refractivity contribution is 0.0921. The molecule has 0 atom stereocenters. The van der Waals surface area contributed by atoms with Gasteiger partial charge in [0, 0.05) is 11.6 Å². The Hall–Kier alpha value is -2.38. The van der Waals surface area contributed by atoms with E-state index >= 15 is 0 Å². The fourth-order valence-electron chi connectivity index (χ4n) is 1.59. The minimum absolute atomic E-state index is 0.0743. The summed E-state index contributed by atoms with van der Waals surface area (Å²) in [7, 11) is 0. The Bertz CT molecular complexity index is 695. The maximum absolute atomic E-state index is 13.4. The molecule has 0 N–H and O–H groups in total. The highest BCUT2D eigenvalue weighted by molar-refractivity contribution is 6.34. The molecule has 0 saturated carbocycles. The fraction of sp³-hybridized carbons (Fsp3) is 0.0667. The molecular formula is C15H9ClFNO2. The van der Waals surface area contributed by atoms with Crippen molar-refractivity contribution in [3.8, 4) is 11.8 Å². The number of hydrogen-bond acceptors (Lipinski definition) is 3. The van der Waals surface area contributed by atoms with Crippen LogP contribution in [0.15, 0.2) is 42.5 Å². The van der Waals surface area contributed by atoms with Crippen molar-refractivity contribution in [3.05, 3.63) is 64.4 Å². The van der Waals surface area contributed by atoms with Gasteiger partial charge in [-0.2, -0.15) is 5.26 Å². The van der Waals surface area contributed by atoms with Crippen molar-refractivity contribution in [3.63, 3.8) is 0 Å². The van der Waals surface area contributed by atoms with Gasteiger partial charge in [0.2, 0.25) is 5.78 Å². The second-order valence-corrected chi connectivity index (χ2v) is 4.35. The van der Waals surface area contributed by atoms with Crippen molar-refractivity contribution < 1.29 is 13.9 Å². The summed E-state index contributed by atoms with van der Waals surface area (Å²) in [5.74, 6) is -0.808. The number of nitrogens with zero attached hydrogens (tertiary/aromatic N) is 1. The van der Waals surface area contributed by atoms with Crippen LogP contribution >= 0.6 is 11.6 Å². The number of rotatable bonds is 4. The molecule has 0 aliphatic heterocycles. The van der Waals surface area contributed by atoms with Gasteiger partial charge in [0.15, 0.2) is 6.61 Å². The number of benzene rings is 2. The first-order chi connectivity index (χ1) is 9.61. The van der Waals surface area contributed by atoms with E-state index in [0.717, 1.165) is 6.07 Å². The Morgan fingerprint density at radius 3 is 2.70 bits per heavy atom. The first kappa shape index (κ1) is 14.0. The Morgan fingerprint density at radius 1 is 1.30 bits per heavy atom. The molecule has 0 fully saturated rings. The second kappa shape index (κ2) is 6.18. The summed E-state index contributed by atoms with van der Waals surface area (Å²) in [5, 5.41) is 8.95. The van der Waals surface area contributed by atoms with Crippen LogP contribution in [0, 0.1) is 17.1 Å². The van der Waals surface area contributed by atoms with Gasteiger partial charge in [-0.15, -0.1) is 0 Å². The quantitative estimate of drug-likeness (QED) is 0.808. The zero-order valence-electron chi connectivity index (χ0n) is 10.3. The molecule has 2 rings (SSSR count). The molecule has 20 heavy (non-hydrogen) atoms. The van der Waals surface area contributed by atoms with E-state index in [-0.39, 0.29) is 23.7 Å². The molecule has 2 aromatic carbocycles. The fourth-order valence-corrected chi connectivity index (χ4v) is 1.83. The van der Waals surface area contributed by atoms with Gasteiger partial charge in [-0.1, -0.05) is 23.7 Å². The zero-order chi connectivity index (χ0) is 14.5. The highest BCUT2D eigenvalue weighted by Gasteiger charge is 2.11. The number of ketones is 1. The smallest absolute Gasteiger partial charge is 0.201 e. The van der Waals surface area contributed by atoms with Crippen molar-refractivity contribution in [2.45, 2.75) is 0 Å². The first-order valence-electron chi connectivity index (χ1n) is 5.72. The number of hydrogen-bond donors (Lipinski definition) is 0. The summed E-state index contributed by atoms with van der Waals surface area (Å²) in [6.45, 7) is -0.255. The van der Waals surface area contributed by atoms with E-state index in [1.54, 1.807) is 30.3 Å². The molecule has 0 aromatic heterocycles. The zero-order valence-corrected chi connectivity index (χ0v) is 11.0. The Labute approximate surface area is 120 Å². The Kier molecular flexibility index (Phi) is 4.34. The summed E-state index contributed by atoms with van der Waals surface area (Å²) in [6.07, 6.45) is 0. The van der Waals surface area contributed by atoms with E-state index < -0.39 is 5.82 Å². The van der Waals surface area contributed by atoms with Crippen molar-refractivity contribution in [1.29, 1.82) is 5.26 Å².